The summed E-state index contributed by atoms with van der Waals surface area (Å²) < 4.78 is 11.2. The van der Waals surface area contributed by atoms with Crippen molar-refractivity contribution in [2.24, 2.45) is 17.6 Å². The largest absolute Gasteiger partial charge is 0.496 e. The van der Waals surface area contributed by atoms with Gasteiger partial charge in [0.05, 0.1) is 35.6 Å². The number of fused-ring (bicyclic) bond motifs is 3. The van der Waals surface area contributed by atoms with E-state index in [1.807, 2.05) is 6.07 Å². The maximum absolute atomic E-state index is 11.5. The number of nitrogens with zero attached hydrogens (tertiary/aromatic N) is 4. The maximum atomic E-state index is 11.5. The third-order valence-electron chi connectivity index (χ3n) is 7.73. The third kappa shape index (κ3) is 4.34. The van der Waals surface area contributed by atoms with Gasteiger partial charge in [-0.15, -0.1) is 0 Å². The van der Waals surface area contributed by atoms with Crippen molar-refractivity contribution in [1.29, 1.82) is 0 Å². The molecular formula is C26H30ClN7O3. The molecule has 1 aliphatic heterocycles. The number of methoxy groups -OCH3 is 1. The van der Waals surface area contributed by atoms with Crippen molar-refractivity contribution in [3.05, 3.63) is 41.6 Å². The van der Waals surface area contributed by atoms with Crippen molar-refractivity contribution in [2.75, 3.05) is 50.6 Å². The maximum Gasteiger partial charge on any atom is 0.404 e. The van der Waals surface area contributed by atoms with E-state index in [9.17, 15) is 4.79 Å². The van der Waals surface area contributed by atoms with E-state index < -0.39 is 6.09 Å². The summed E-state index contributed by atoms with van der Waals surface area (Å²) >= 11 is 6.61. The van der Waals surface area contributed by atoms with Crippen molar-refractivity contribution < 1.29 is 14.3 Å². The molecule has 11 heteroatoms. The summed E-state index contributed by atoms with van der Waals surface area (Å²) in [6.45, 7) is 4.00. The number of anilines is 2. The van der Waals surface area contributed by atoms with Crippen LogP contribution < -0.4 is 20.7 Å². The van der Waals surface area contributed by atoms with Crippen LogP contribution in [0.5, 0.6) is 5.75 Å². The number of primary amides is 1. The molecule has 3 aromatic rings. The van der Waals surface area contributed by atoms with Crippen molar-refractivity contribution >= 4 is 40.2 Å². The van der Waals surface area contributed by atoms with E-state index in [1.54, 1.807) is 13.3 Å². The van der Waals surface area contributed by atoms with Gasteiger partial charge >= 0.3 is 6.09 Å². The number of carbonyl (C=O) groups excluding carboxylic acids is 1. The molecule has 2 bridgehead atoms. The molecule has 194 valence electrons. The number of ether oxygens (including phenoxy) is 2. The number of hydrogen-bond acceptors (Lipinski definition) is 8. The quantitative estimate of drug-likeness (QED) is 0.420. The van der Waals surface area contributed by atoms with E-state index in [0.717, 1.165) is 49.6 Å². The van der Waals surface area contributed by atoms with Crippen LogP contribution in [0.2, 0.25) is 5.02 Å². The second-order valence-electron chi connectivity index (χ2n) is 9.96. The van der Waals surface area contributed by atoms with Crippen LogP contribution in [-0.4, -0.2) is 78.4 Å². The monoisotopic (exact) mass is 523 g/mol. The second-order valence-corrected chi connectivity index (χ2v) is 10.4. The summed E-state index contributed by atoms with van der Waals surface area (Å²) in [4.78, 5) is 28.8. The minimum atomic E-state index is -0.778. The summed E-state index contributed by atoms with van der Waals surface area (Å²) in [5.74, 6) is 1.70. The van der Waals surface area contributed by atoms with Crippen LogP contribution in [-0.2, 0) is 4.74 Å². The first-order valence-electron chi connectivity index (χ1n) is 12.5. The predicted molar refractivity (Wildman–Crippen MR) is 143 cm³/mol. The van der Waals surface area contributed by atoms with E-state index in [2.05, 4.69) is 56.4 Å². The topological polar surface area (TPSA) is 122 Å². The van der Waals surface area contributed by atoms with Gasteiger partial charge in [0.1, 0.15) is 23.2 Å². The summed E-state index contributed by atoms with van der Waals surface area (Å²) in [6, 6.07) is 6.02. The molecule has 0 spiro atoms. The number of aromatic nitrogens is 3. The van der Waals surface area contributed by atoms with Crippen LogP contribution in [0.3, 0.4) is 0 Å². The van der Waals surface area contributed by atoms with Gasteiger partial charge in [0.25, 0.3) is 0 Å². The Balaban J connectivity index is 1.32. The highest BCUT2D eigenvalue weighted by Gasteiger charge is 2.47. The van der Waals surface area contributed by atoms with Crippen molar-refractivity contribution in [3.8, 4) is 17.1 Å². The van der Waals surface area contributed by atoms with E-state index in [-0.39, 0.29) is 24.0 Å². The molecule has 1 saturated heterocycles. The Morgan fingerprint density at radius 2 is 2.00 bits per heavy atom. The van der Waals surface area contributed by atoms with E-state index >= 15 is 0 Å². The first-order valence-corrected chi connectivity index (χ1v) is 12.9. The van der Waals surface area contributed by atoms with Crippen LogP contribution in [0.15, 0.2) is 36.5 Å². The number of nitrogens with one attached hydrogen (secondary N) is 2. The second kappa shape index (κ2) is 9.42. The van der Waals surface area contributed by atoms with Crippen molar-refractivity contribution in [1.82, 2.24) is 19.9 Å². The molecule has 0 radical (unpaired) electrons. The Morgan fingerprint density at radius 1 is 1.22 bits per heavy atom. The average Bonchev–Trinajstić information content (AvgIpc) is 3.61. The minimum absolute atomic E-state index is 0.131. The lowest BCUT2D eigenvalue weighted by Gasteiger charge is -2.34. The smallest absolute Gasteiger partial charge is 0.404 e. The number of nitrogens with two attached hydrogens (primary N) is 1. The number of pyridine rings is 1. The number of imidazole rings is 1. The number of hydrogen-bond donors (Lipinski definition) is 3. The van der Waals surface area contributed by atoms with Gasteiger partial charge in [0.15, 0.2) is 5.65 Å². The summed E-state index contributed by atoms with van der Waals surface area (Å²) in [5.41, 5.74) is 9.19. The molecule has 1 aromatic carbocycles. The van der Waals surface area contributed by atoms with Crippen LogP contribution >= 0.6 is 11.6 Å². The van der Waals surface area contributed by atoms with Crippen LogP contribution in [0.1, 0.15) is 6.42 Å². The molecule has 0 unspecified atom stereocenters. The Labute approximate surface area is 219 Å². The van der Waals surface area contributed by atoms with E-state index in [4.69, 9.17) is 31.8 Å². The van der Waals surface area contributed by atoms with Crippen LogP contribution in [0, 0.1) is 11.8 Å². The summed E-state index contributed by atoms with van der Waals surface area (Å²) in [7, 11) is 3.81. The molecule has 4 atom stereocenters. The van der Waals surface area contributed by atoms with Gasteiger partial charge in [-0.3, -0.25) is 0 Å². The highest BCUT2D eigenvalue weighted by atomic mass is 35.5. The zero-order valence-corrected chi connectivity index (χ0v) is 21.5. The molecule has 2 aliphatic carbocycles. The lowest BCUT2D eigenvalue weighted by molar-refractivity contribution is 0.0854. The van der Waals surface area contributed by atoms with Crippen LogP contribution in [0.4, 0.5) is 16.2 Å². The molecule has 10 nitrogen and oxygen atoms in total. The van der Waals surface area contributed by atoms with Gasteiger partial charge in [-0.2, -0.15) is 0 Å². The fourth-order valence-electron chi connectivity index (χ4n) is 5.77. The molecule has 1 saturated carbocycles. The summed E-state index contributed by atoms with van der Waals surface area (Å²) in [6.07, 6.45) is 5.58. The number of H-pyrrole nitrogens is 1. The molecule has 37 heavy (non-hydrogen) atoms. The number of amides is 1. The van der Waals surface area contributed by atoms with E-state index in [0.29, 0.717) is 27.7 Å². The Kier molecular flexibility index (Phi) is 6.08. The minimum Gasteiger partial charge on any atom is -0.496 e. The number of piperazine rings is 1. The molecule has 6 rings (SSSR count). The Hall–Kier alpha value is -3.50. The fourth-order valence-corrected chi connectivity index (χ4v) is 5.96. The number of benzene rings is 1. The molecule has 4 N–H and O–H groups in total. The van der Waals surface area contributed by atoms with E-state index in [1.165, 1.54) is 0 Å². The van der Waals surface area contributed by atoms with Gasteiger partial charge in [-0.25, -0.2) is 14.8 Å². The van der Waals surface area contributed by atoms with Gasteiger partial charge in [0.2, 0.25) is 0 Å². The SMILES string of the molecule is COc1cc(N2CCN(C)CC2)ccc1-c1nc2ncc(Cl)c(N[C@@H]3[C@H](OC(N)=O)[C@H]4C=C[C@@H]3C4)c2[nH]1. The van der Waals surface area contributed by atoms with Crippen LogP contribution in [0.25, 0.3) is 22.6 Å². The number of likely N-dealkylation sites (N-methyl/N-ethyl adjacent to an activating group) is 1. The molecule has 2 fully saturated rings. The number of halogens is 1. The molecule has 3 heterocycles. The lowest BCUT2D eigenvalue weighted by Crippen LogP contribution is -2.44. The fraction of sp³-hybridized carbons (Fsp3) is 0.423. The molecule has 2 aromatic heterocycles. The standard InChI is InChI=1S/C26H30ClN7O3/c1-33-7-9-34(10-8-33)16-5-6-17(19(12-16)36-2)24-31-22-21(18(27)13-29-25(22)32-24)30-20-14-3-4-15(11-14)23(20)37-26(28)35/h3-6,12-15,20,23H,7-11H2,1-2H3,(H2,28,35)(H2,29,30,31,32)/t14-,15+,20+,23-/m1/s1. The van der Waals surface area contributed by atoms with Crippen molar-refractivity contribution in [3.63, 3.8) is 0 Å². The summed E-state index contributed by atoms with van der Waals surface area (Å²) in [5, 5.41) is 3.97. The van der Waals surface area contributed by atoms with Gasteiger partial charge in [-0.1, -0.05) is 23.8 Å². The van der Waals surface area contributed by atoms with Crippen molar-refractivity contribution in [2.45, 2.75) is 18.6 Å². The number of carbonyl (C=O) groups is 1. The normalized spacial score (nSPS) is 25.1. The van der Waals surface area contributed by atoms with Gasteiger partial charge in [0, 0.05) is 49.8 Å². The Morgan fingerprint density at radius 3 is 2.76 bits per heavy atom. The third-order valence-corrected chi connectivity index (χ3v) is 8.02. The first kappa shape index (κ1) is 23.9. The predicted octanol–water partition coefficient (Wildman–Crippen LogP) is 3.49. The Bertz CT molecular complexity index is 1370. The zero-order chi connectivity index (χ0) is 25.7. The van der Waals surface area contributed by atoms with Gasteiger partial charge < -0.3 is 35.3 Å². The average molecular weight is 524 g/mol. The van der Waals surface area contributed by atoms with Gasteiger partial charge in [-0.05, 0) is 25.6 Å². The molecule has 3 aliphatic rings. The molecular weight excluding hydrogens is 494 g/mol. The molecule has 1 amide bonds. The highest BCUT2D eigenvalue weighted by molar-refractivity contribution is 6.34. The first-order chi connectivity index (χ1) is 17.9. The lowest BCUT2D eigenvalue weighted by atomic mass is 9.98. The zero-order valence-electron chi connectivity index (χ0n) is 20.8. The highest BCUT2D eigenvalue weighted by Crippen LogP contribution is 2.44. The number of aromatic amines is 1. The number of rotatable bonds is 6.